The number of urea groups is 1. The van der Waals surface area contributed by atoms with Gasteiger partial charge in [-0.3, -0.25) is 4.79 Å². The summed E-state index contributed by atoms with van der Waals surface area (Å²) in [6.45, 7) is 1.11. The van der Waals surface area contributed by atoms with Crippen LogP contribution in [0.5, 0.6) is 5.75 Å². The van der Waals surface area contributed by atoms with Gasteiger partial charge < -0.3 is 20.3 Å². The lowest BCUT2D eigenvalue weighted by atomic mass is 9.99. The number of anilines is 2. The third-order valence-electron chi connectivity index (χ3n) is 7.37. The number of ether oxygens (including phenoxy) is 1. The zero-order valence-corrected chi connectivity index (χ0v) is 23.1. The number of amides is 3. The molecule has 0 aliphatic carbocycles. The molecule has 6 rings (SSSR count). The van der Waals surface area contributed by atoms with Crippen LogP contribution < -0.4 is 15.4 Å². The van der Waals surface area contributed by atoms with Gasteiger partial charge in [-0.2, -0.15) is 0 Å². The van der Waals surface area contributed by atoms with Crippen molar-refractivity contribution in [1.82, 2.24) is 4.90 Å². The van der Waals surface area contributed by atoms with Crippen LogP contribution >= 0.6 is 0 Å². The fraction of sp³-hybridized carbons (Fsp3) is 0.111. The zero-order valence-electron chi connectivity index (χ0n) is 23.1. The molecule has 1 aliphatic heterocycles. The summed E-state index contributed by atoms with van der Waals surface area (Å²) < 4.78 is 6.68. The number of para-hydroxylation sites is 1. The van der Waals surface area contributed by atoms with E-state index in [-0.39, 0.29) is 5.91 Å². The van der Waals surface area contributed by atoms with E-state index in [0.717, 1.165) is 23.1 Å². The molecule has 6 nitrogen and oxygen atoms in total. The Hall–Kier alpha value is -5.36. The van der Waals surface area contributed by atoms with Crippen molar-refractivity contribution >= 4 is 23.3 Å². The van der Waals surface area contributed by atoms with Crippen LogP contribution in [0, 0.1) is 0 Å². The van der Waals surface area contributed by atoms with Crippen LogP contribution in [0.15, 0.2) is 133 Å². The molecule has 0 atom stereocenters. The van der Waals surface area contributed by atoms with Gasteiger partial charge >= 0.3 is 6.03 Å². The number of nitrogens with one attached hydrogen (secondary N) is 2. The van der Waals surface area contributed by atoms with Gasteiger partial charge in [-0.25, -0.2) is 4.79 Å². The molecule has 1 aliphatic rings. The van der Waals surface area contributed by atoms with Crippen molar-refractivity contribution in [3.8, 4) is 5.75 Å². The van der Waals surface area contributed by atoms with Gasteiger partial charge in [0.2, 0.25) is 0 Å². The highest BCUT2D eigenvalue weighted by Crippen LogP contribution is 2.33. The van der Waals surface area contributed by atoms with Crippen molar-refractivity contribution in [3.63, 3.8) is 0 Å². The molecule has 0 saturated heterocycles. The van der Waals surface area contributed by atoms with Crippen molar-refractivity contribution in [2.24, 2.45) is 0 Å². The van der Waals surface area contributed by atoms with Gasteiger partial charge in [-0.05, 0) is 59.0 Å². The van der Waals surface area contributed by atoms with E-state index in [2.05, 4.69) is 22.8 Å². The first-order chi connectivity index (χ1) is 20.6. The van der Waals surface area contributed by atoms with Gasteiger partial charge in [0.15, 0.2) is 0 Å². The molecule has 2 N–H and O–H groups in total. The van der Waals surface area contributed by atoms with Crippen molar-refractivity contribution in [2.45, 2.75) is 19.1 Å². The van der Waals surface area contributed by atoms with E-state index in [0.29, 0.717) is 35.8 Å². The van der Waals surface area contributed by atoms with Crippen LogP contribution in [0.4, 0.5) is 16.2 Å². The second kappa shape index (κ2) is 12.4. The second-order valence-corrected chi connectivity index (χ2v) is 10.2. The molecular formula is C36H31N3O3. The highest BCUT2D eigenvalue weighted by atomic mass is 16.5. The lowest BCUT2D eigenvalue weighted by Gasteiger charge is -2.30. The molecule has 0 saturated carbocycles. The number of rotatable bonds is 7. The number of hydrogen-bond acceptors (Lipinski definition) is 3. The van der Waals surface area contributed by atoms with E-state index in [4.69, 9.17) is 4.74 Å². The maximum absolute atomic E-state index is 14.1. The maximum Gasteiger partial charge on any atom is 0.323 e. The van der Waals surface area contributed by atoms with Crippen LogP contribution in [0.3, 0.4) is 0 Å². The highest BCUT2D eigenvalue weighted by molar-refractivity contribution is 6.02. The average molecular weight is 554 g/mol. The van der Waals surface area contributed by atoms with E-state index < -0.39 is 12.1 Å². The monoisotopic (exact) mass is 553 g/mol. The van der Waals surface area contributed by atoms with Crippen LogP contribution in [0.25, 0.3) is 0 Å². The minimum Gasteiger partial charge on any atom is -0.480 e. The standard InChI is InChI=1S/C36H31N3O3/c40-35(39-23-22-26-12-10-11-17-29(26)25-39)32-24-31(38-36(41)37-30-18-8-3-9-19-30)20-21-33(32)42-34(27-13-4-1-5-14-27)28-15-6-2-7-16-28/h1-21,24,34H,22-23,25H2,(H2,37,38,41). The molecule has 0 radical (unpaired) electrons. The zero-order chi connectivity index (χ0) is 28.7. The fourth-order valence-electron chi connectivity index (χ4n) is 5.24. The Labute approximate surface area is 245 Å². The predicted molar refractivity (Wildman–Crippen MR) is 166 cm³/mol. The van der Waals surface area contributed by atoms with Gasteiger partial charge in [0.05, 0.1) is 5.56 Å². The lowest BCUT2D eigenvalue weighted by Crippen LogP contribution is -2.36. The number of carbonyl (C=O) groups excluding carboxylic acids is 2. The van der Waals surface area contributed by atoms with E-state index in [1.54, 1.807) is 18.2 Å². The first kappa shape index (κ1) is 26.8. The van der Waals surface area contributed by atoms with Gasteiger partial charge in [-0.1, -0.05) is 103 Å². The Morgan fingerprint density at radius 3 is 1.88 bits per heavy atom. The largest absolute Gasteiger partial charge is 0.480 e. The topological polar surface area (TPSA) is 70.7 Å². The van der Waals surface area contributed by atoms with E-state index in [1.165, 1.54) is 5.56 Å². The second-order valence-electron chi connectivity index (χ2n) is 10.2. The molecule has 1 heterocycles. The SMILES string of the molecule is O=C(Nc1ccccc1)Nc1ccc(OC(c2ccccc2)c2ccccc2)c(C(=O)N2CCc3ccccc3C2)c1. The summed E-state index contributed by atoms with van der Waals surface area (Å²) in [5.74, 6) is 0.303. The molecule has 6 heteroatoms. The van der Waals surface area contributed by atoms with Gasteiger partial charge in [0, 0.05) is 24.5 Å². The normalized spacial score (nSPS) is 12.4. The quantitative estimate of drug-likeness (QED) is 0.217. The predicted octanol–water partition coefficient (Wildman–Crippen LogP) is 7.70. The molecule has 0 fully saturated rings. The summed E-state index contributed by atoms with van der Waals surface area (Å²) in [6.07, 6.45) is 0.354. The Balaban J connectivity index is 1.33. The van der Waals surface area contributed by atoms with Gasteiger partial charge in [-0.15, -0.1) is 0 Å². The van der Waals surface area contributed by atoms with Gasteiger partial charge in [0.25, 0.3) is 5.91 Å². The molecule has 42 heavy (non-hydrogen) atoms. The van der Waals surface area contributed by atoms with Crippen LogP contribution in [0.1, 0.15) is 38.7 Å². The van der Waals surface area contributed by atoms with Crippen molar-refractivity contribution in [3.05, 3.63) is 161 Å². The number of fused-ring (bicyclic) bond motifs is 1. The summed E-state index contributed by atoms with van der Waals surface area (Å²) in [5, 5.41) is 5.70. The van der Waals surface area contributed by atoms with Crippen LogP contribution in [-0.4, -0.2) is 23.4 Å². The molecule has 208 valence electrons. The summed E-state index contributed by atoms with van der Waals surface area (Å²) in [6, 6.07) is 42.2. The van der Waals surface area contributed by atoms with E-state index in [1.807, 2.05) is 108 Å². The summed E-state index contributed by atoms with van der Waals surface area (Å²) in [5.41, 5.74) is 5.90. The van der Waals surface area contributed by atoms with Crippen LogP contribution in [-0.2, 0) is 13.0 Å². The van der Waals surface area contributed by atoms with Crippen molar-refractivity contribution in [2.75, 3.05) is 17.2 Å². The molecule has 5 aromatic carbocycles. The third-order valence-corrected chi connectivity index (χ3v) is 7.37. The molecule has 0 unspecified atom stereocenters. The van der Waals surface area contributed by atoms with Crippen LogP contribution in [0.2, 0.25) is 0 Å². The molecule has 0 aromatic heterocycles. The molecule has 0 spiro atoms. The Bertz CT molecular complexity index is 1630. The number of carbonyl (C=O) groups is 2. The molecule has 0 bridgehead atoms. The Morgan fingerprint density at radius 2 is 1.21 bits per heavy atom. The van der Waals surface area contributed by atoms with E-state index >= 15 is 0 Å². The maximum atomic E-state index is 14.1. The lowest BCUT2D eigenvalue weighted by molar-refractivity contribution is 0.0728. The molecule has 5 aromatic rings. The molecule has 3 amide bonds. The Kier molecular flexibility index (Phi) is 7.95. The summed E-state index contributed by atoms with van der Waals surface area (Å²) in [7, 11) is 0. The number of nitrogens with zero attached hydrogens (tertiary/aromatic N) is 1. The average Bonchev–Trinajstić information content (AvgIpc) is 3.04. The van der Waals surface area contributed by atoms with Crippen molar-refractivity contribution in [1.29, 1.82) is 0 Å². The first-order valence-electron chi connectivity index (χ1n) is 14.0. The Morgan fingerprint density at radius 1 is 0.643 bits per heavy atom. The molecular weight excluding hydrogens is 522 g/mol. The van der Waals surface area contributed by atoms with Crippen molar-refractivity contribution < 1.29 is 14.3 Å². The third kappa shape index (κ3) is 6.18. The highest BCUT2D eigenvalue weighted by Gasteiger charge is 2.26. The number of hydrogen-bond donors (Lipinski definition) is 2. The summed E-state index contributed by atoms with van der Waals surface area (Å²) in [4.78, 5) is 28.8. The fourth-order valence-corrected chi connectivity index (χ4v) is 5.24. The van der Waals surface area contributed by atoms with Gasteiger partial charge in [0.1, 0.15) is 11.9 Å². The summed E-state index contributed by atoms with van der Waals surface area (Å²) >= 11 is 0. The minimum absolute atomic E-state index is 0.147. The smallest absolute Gasteiger partial charge is 0.323 e. The van der Waals surface area contributed by atoms with E-state index in [9.17, 15) is 9.59 Å². The first-order valence-corrected chi connectivity index (χ1v) is 14.0. The number of benzene rings is 5. The minimum atomic E-state index is -0.429.